The van der Waals surface area contributed by atoms with Crippen molar-refractivity contribution in [1.29, 1.82) is 10.5 Å². The molecule has 1 saturated carbocycles. The van der Waals surface area contributed by atoms with Gasteiger partial charge < -0.3 is 14.3 Å². The molecule has 10 heteroatoms. The number of pyridine rings is 3. The molecule has 9 nitrogen and oxygen atoms in total. The van der Waals surface area contributed by atoms with Crippen LogP contribution in [0.2, 0.25) is 0 Å². The molecule has 0 N–H and O–H groups in total. The Kier molecular flexibility index (Phi) is 9.37. The molecule has 3 aromatic rings. The molecule has 1 aliphatic carbocycles. The van der Waals surface area contributed by atoms with Crippen LogP contribution in [0.4, 0.5) is 10.1 Å². The van der Waals surface area contributed by atoms with Crippen LogP contribution in [0.15, 0.2) is 34.3 Å². The van der Waals surface area contributed by atoms with Crippen LogP contribution in [0.1, 0.15) is 75.3 Å². The fourth-order valence-electron chi connectivity index (χ4n) is 4.45. The molecule has 3 heterocycles. The minimum Gasteiger partial charge on any atom is -0.390 e. The number of aryl methyl sites for hydroxylation is 2. The van der Waals surface area contributed by atoms with E-state index in [2.05, 4.69) is 21.2 Å². The molecule has 4 rings (SSSR count). The third-order valence-corrected chi connectivity index (χ3v) is 6.48. The summed E-state index contributed by atoms with van der Waals surface area (Å²) >= 11 is 0. The van der Waals surface area contributed by atoms with Gasteiger partial charge in [-0.3, -0.25) is 4.79 Å². The molecule has 0 amide bonds. The molecule has 3 aromatic heterocycles. The second-order valence-electron chi connectivity index (χ2n) is 10.6. The number of halogens is 1. The van der Waals surface area contributed by atoms with Gasteiger partial charge in [0.1, 0.15) is 34.5 Å². The summed E-state index contributed by atoms with van der Waals surface area (Å²) in [5, 5.41) is 22.5. The van der Waals surface area contributed by atoms with E-state index in [9.17, 15) is 14.4 Å². The van der Waals surface area contributed by atoms with Crippen LogP contribution >= 0.6 is 0 Å². The average molecular weight is 532 g/mol. The van der Waals surface area contributed by atoms with E-state index in [0.29, 0.717) is 22.3 Å². The molecule has 1 fully saturated rings. The zero-order valence-electron chi connectivity index (χ0n) is 23.3. The number of hydrogen-bond donors (Lipinski definition) is 0. The van der Waals surface area contributed by atoms with Gasteiger partial charge in [-0.25, -0.2) is 9.97 Å². The van der Waals surface area contributed by atoms with E-state index in [1.807, 2.05) is 38.8 Å². The summed E-state index contributed by atoms with van der Waals surface area (Å²) in [6, 6.07) is 9.36. The largest absolute Gasteiger partial charge is 0.390 e. The van der Waals surface area contributed by atoms with Crippen LogP contribution in [0.5, 0.6) is 0 Å². The number of nitriles is 2. The van der Waals surface area contributed by atoms with Crippen LogP contribution in [0, 0.1) is 35.5 Å². The zero-order valence-corrected chi connectivity index (χ0v) is 23.3. The van der Waals surface area contributed by atoms with Crippen molar-refractivity contribution in [2.45, 2.75) is 71.4 Å². The quantitative estimate of drug-likeness (QED) is 0.260. The number of hydrogen-bond acceptors (Lipinski definition) is 8. The first kappa shape index (κ1) is 29.2. The molecular formula is C29H34FN7O2. The highest BCUT2D eigenvalue weighted by Gasteiger charge is 2.25. The lowest BCUT2D eigenvalue weighted by atomic mass is 9.93. The first-order valence-corrected chi connectivity index (χ1v) is 12.9. The third kappa shape index (κ3) is 7.17. The van der Waals surface area contributed by atoms with Crippen molar-refractivity contribution in [2.24, 2.45) is 12.2 Å². The molecule has 0 spiro atoms. The van der Waals surface area contributed by atoms with Gasteiger partial charge in [-0.2, -0.15) is 14.9 Å². The minimum atomic E-state index is -0.455. The number of fused-ring (bicyclic) bond motifs is 1. The van der Waals surface area contributed by atoms with Crippen molar-refractivity contribution in [3.8, 4) is 12.1 Å². The maximum absolute atomic E-state index is 12.8. The first-order valence-electron chi connectivity index (χ1n) is 12.9. The topological polar surface area (TPSA) is 120 Å². The highest BCUT2D eigenvalue weighted by atomic mass is 19.1. The van der Waals surface area contributed by atoms with Crippen LogP contribution < -0.4 is 10.5 Å². The molecule has 1 aliphatic rings. The molecule has 0 aliphatic heterocycles. The van der Waals surface area contributed by atoms with E-state index >= 15 is 0 Å². The van der Waals surface area contributed by atoms with Crippen LogP contribution in [0.25, 0.3) is 11.0 Å². The van der Waals surface area contributed by atoms with E-state index in [4.69, 9.17) is 10.1 Å². The van der Waals surface area contributed by atoms with Gasteiger partial charge in [-0.1, -0.05) is 24.4 Å². The summed E-state index contributed by atoms with van der Waals surface area (Å²) in [6.07, 6.45) is 8.53. The molecule has 39 heavy (non-hydrogen) atoms. The Morgan fingerprint density at radius 2 is 1.90 bits per heavy atom. The molecular weight excluding hydrogens is 497 g/mol. The molecule has 204 valence electrons. The summed E-state index contributed by atoms with van der Waals surface area (Å²) < 4.78 is 14.3. The predicted octanol–water partition coefficient (Wildman–Crippen LogP) is 5.12. The first-order chi connectivity index (χ1) is 18.5. The van der Waals surface area contributed by atoms with Gasteiger partial charge in [-0.15, -0.1) is 0 Å². The monoisotopic (exact) mass is 531 g/mol. The zero-order chi connectivity index (χ0) is 28.7. The van der Waals surface area contributed by atoms with Crippen LogP contribution in [-0.4, -0.2) is 39.4 Å². The summed E-state index contributed by atoms with van der Waals surface area (Å²) in [6.45, 7) is 7.36. The van der Waals surface area contributed by atoms with Crippen molar-refractivity contribution >= 4 is 22.9 Å². The Morgan fingerprint density at radius 1 is 1.21 bits per heavy atom. The molecule has 0 radical (unpaired) electrons. The number of nitrogens with zero attached hydrogens (tertiary/aromatic N) is 7. The lowest BCUT2D eigenvalue weighted by molar-refractivity contribution is 0.00199. The van der Waals surface area contributed by atoms with Crippen molar-refractivity contribution in [1.82, 2.24) is 14.5 Å². The van der Waals surface area contributed by atoms with E-state index in [1.165, 1.54) is 23.4 Å². The summed E-state index contributed by atoms with van der Waals surface area (Å²) in [4.78, 5) is 27.8. The SMILES string of the molecule is CN(c1c(C#N)c(=O)n(C)c2ccc(C#N)nc12)C1CCCCC1.Cc1cc(/C=N/OC(C)(C)C)cnc1F. The third-order valence-electron chi connectivity index (χ3n) is 6.48. The number of rotatable bonds is 4. The van der Waals surface area contributed by atoms with Crippen molar-refractivity contribution in [2.75, 3.05) is 11.9 Å². The Bertz CT molecular complexity index is 1500. The molecule has 0 atom stereocenters. The van der Waals surface area contributed by atoms with Gasteiger partial charge >= 0.3 is 0 Å². The maximum atomic E-state index is 12.8. The summed E-state index contributed by atoms with van der Waals surface area (Å²) in [5.74, 6) is -0.455. The Hall–Kier alpha value is -4.31. The molecule has 0 bridgehead atoms. The predicted molar refractivity (Wildman–Crippen MR) is 149 cm³/mol. The Balaban J connectivity index is 0.000000242. The van der Waals surface area contributed by atoms with Crippen molar-refractivity contribution in [3.63, 3.8) is 0 Å². The van der Waals surface area contributed by atoms with Crippen LogP contribution in [0.3, 0.4) is 0 Å². The van der Waals surface area contributed by atoms with Gasteiger partial charge in [0.15, 0.2) is 0 Å². The highest BCUT2D eigenvalue weighted by molar-refractivity contribution is 5.92. The Morgan fingerprint density at radius 3 is 2.49 bits per heavy atom. The van der Waals surface area contributed by atoms with E-state index in [1.54, 1.807) is 32.2 Å². The smallest absolute Gasteiger partial charge is 0.270 e. The normalized spacial score (nSPS) is 13.9. The summed E-state index contributed by atoms with van der Waals surface area (Å²) in [7, 11) is 3.55. The number of aromatic nitrogens is 3. The van der Waals surface area contributed by atoms with Crippen molar-refractivity contribution in [3.05, 3.63) is 63.1 Å². The van der Waals surface area contributed by atoms with Gasteiger partial charge in [0, 0.05) is 37.5 Å². The molecule has 0 saturated heterocycles. The number of anilines is 1. The average Bonchev–Trinajstić information content (AvgIpc) is 2.92. The fourth-order valence-corrected chi connectivity index (χ4v) is 4.45. The standard InChI is InChI=1S/C18H19N5O.C11H15FN2O/c1-22(13-6-4-3-5-7-13)17-14(11-20)18(24)23(2)15-9-8-12(10-19)21-16(15)17;1-8-5-9(6-13-10(8)12)7-14-15-11(2,3)4/h8-9,13H,3-7H2,1-2H3;5-7H,1-4H3/b;14-7+. The van der Waals surface area contributed by atoms with E-state index in [-0.39, 0.29) is 28.5 Å². The minimum absolute atomic E-state index is 0.0978. The maximum Gasteiger partial charge on any atom is 0.270 e. The molecule has 0 unspecified atom stereocenters. The fraction of sp³-hybridized carbons (Fsp3) is 0.448. The number of oxime groups is 1. The van der Waals surface area contributed by atoms with E-state index in [0.717, 1.165) is 31.2 Å². The summed E-state index contributed by atoms with van der Waals surface area (Å²) in [5.41, 5.74) is 2.68. The highest BCUT2D eigenvalue weighted by Crippen LogP contribution is 2.32. The van der Waals surface area contributed by atoms with Gasteiger partial charge in [0.25, 0.3) is 5.56 Å². The van der Waals surface area contributed by atoms with Crippen molar-refractivity contribution < 1.29 is 9.23 Å². The van der Waals surface area contributed by atoms with E-state index < -0.39 is 5.95 Å². The molecule has 0 aromatic carbocycles. The van der Waals surface area contributed by atoms with Crippen LogP contribution in [-0.2, 0) is 11.9 Å². The second-order valence-corrected chi connectivity index (χ2v) is 10.6. The van der Waals surface area contributed by atoms with Gasteiger partial charge in [-0.05, 0) is 58.7 Å². The lowest BCUT2D eigenvalue weighted by Gasteiger charge is -2.33. The lowest BCUT2D eigenvalue weighted by Crippen LogP contribution is -2.36. The second kappa shape index (κ2) is 12.5. The van der Waals surface area contributed by atoms with Gasteiger partial charge in [0.05, 0.1) is 17.4 Å². The van der Waals surface area contributed by atoms with Gasteiger partial charge in [0.2, 0.25) is 5.95 Å². The Labute approximate surface area is 228 Å².